The van der Waals surface area contributed by atoms with Crippen molar-refractivity contribution in [3.63, 3.8) is 0 Å². The molecule has 0 atom stereocenters. The highest BCUT2D eigenvalue weighted by Crippen LogP contribution is 2.27. The third kappa shape index (κ3) is 1.73. The van der Waals surface area contributed by atoms with Crippen molar-refractivity contribution < 1.29 is 0 Å². The molecular formula is C5H7S3+. The first-order chi connectivity index (χ1) is 3.93. The zero-order valence-electron chi connectivity index (χ0n) is 4.59. The summed E-state index contributed by atoms with van der Waals surface area (Å²) >= 11 is 5.58. The van der Waals surface area contributed by atoms with Crippen molar-refractivity contribution >= 4 is 34.4 Å². The van der Waals surface area contributed by atoms with Crippen LogP contribution in [0.5, 0.6) is 0 Å². The third-order valence-electron chi connectivity index (χ3n) is 0.646. The Morgan fingerprint density at radius 1 is 1.88 bits per heavy atom. The summed E-state index contributed by atoms with van der Waals surface area (Å²) in [6.45, 7) is 2.18. The van der Waals surface area contributed by atoms with Gasteiger partial charge in [0.1, 0.15) is 10.8 Å². The Morgan fingerprint density at radius 3 is 3.25 bits per heavy atom. The van der Waals surface area contributed by atoms with Gasteiger partial charge < -0.3 is 0 Å². The van der Waals surface area contributed by atoms with Crippen molar-refractivity contribution in [1.29, 1.82) is 0 Å². The molecule has 0 aliphatic rings. The number of thioether (sulfide) groups is 1. The molecule has 1 aromatic heterocycles. The molecule has 0 radical (unpaired) electrons. The van der Waals surface area contributed by atoms with Crippen molar-refractivity contribution in [2.75, 3.05) is 5.75 Å². The van der Waals surface area contributed by atoms with Crippen molar-refractivity contribution in [1.82, 2.24) is 0 Å². The molecule has 0 saturated carbocycles. The predicted octanol–water partition coefficient (Wildman–Crippen LogP) is 3.20. The molecule has 44 valence electrons. The summed E-state index contributed by atoms with van der Waals surface area (Å²) in [7, 11) is 0. The smallest absolute Gasteiger partial charge is 0.0560 e. The van der Waals surface area contributed by atoms with E-state index in [4.69, 9.17) is 0 Å². The molecule has 0 saturated heterocycles. The largest absolute Gasteiger partial charge is 0.312 e. The highest BCUT2D eigenvalue weighted by Gasteiger charge is 2.03. The average molecular weight is 163 g/mol. The Balaban J connectivity index is 2.50. The quantitative estimate of drug-likeness (QED) is 0.476. The molecule has 0 aromatic carbocycles. The van der Waals surface area contributed by atoms with E-state index in [0.717, 1.165) is 0 Å². The van der Waals surface area contributed by atoms with Gasteiger partial charge in [-0.3, -0.25) is 0 Å². The van der Waals surface area contributed by atoms with Crippen molar-refractivity contribution in [2.24, 2.45) is 0 Å². The molecule has 0 amide bonds. The Labute approximate surface area is 61.6 Å². The zero-order valence-corrected chi connectivity index (χ0v) is 7.04. The molecule has 8 heavy (non-hydrogen) atoms. The normalized spacial score (nSPS) is 9.62. The van der Waals surface area contributed by atoms with Crippen LogP contribution in [0, 0.1) is 0 Å². The lowest BCUT2D eigenvalue weighted by molar-refractivity contribution is 1.53. The first-order valence-corrected chi connectivity index (χ1v) is 5.16. The van der Waals surface area contributed by atoms with Gasteiger partial charge in [-0.15, -0.1) is 0 Å². The van der Waals surface area contributed by atoms with Gasteiger partial charge >= 0.3 is 3.52 Å². The van der Waals surface area contributed by atoms with Gasteiger partial charge in [-0.2, -0.15) is 0 Å². The molecule has 1 heterocycles. The summed E-state index contributed by atoms with van der Waals surface area (Å²) in [6, 6.07) is 0. The summed E-state index contributed by atoms with van der Waals surface area (Å²) in [6.07, 6.45) is 0. The molecule has 0 unspecified atom stereocenters. The van der Waals surface area contributed by atoms with Gasteiger partial charge in [0.25, 0.3) is 0 Å². The molecule has 0 fully saturated rings. The number of rotatable bonds is 2. The second-order valence-corrected chi connectivity index (χ2v) is 5.07. The SMILES string of the molecule is CCSc1scc[s+]1. The van der Waals surface area contributed by atoms with Crippen molar-refractivity contribution in [3.8, 4) is 0 Å². The maximum atomic E-state index is 2.18. The second kappa shape index (κ2) is 3.43. The lowest BCUT2D eigenvalue weighted by atomic mass is 11.0. The molecule has 0 bridgehead atoms. The van der Waals surface area contributed by atoms with Gasteiger partial charge in [-0.1, -0.05) is 18.7 Å². The van der Waals surface area contributed by atoms with Crippen molar-refractivity contribution in [2.45, 2.75) is 10.4 Å². The fourth-order valence-electron chi connectivity index (χ4n) is 0.380. The maximum Gasteiger partial charge on any atom is 0.312 e. The van der Waals surface area contributed by atoms with Gasteiger partial charge in [-0.05, 0) is 0 Å². The average Bonchev–Trinajstić information content (AvgIpc) is 2.19. The molecule has 0 N–H and O–H groups in total. The first-order valence-electron chi connectivity index (χ1n) is 2.41. The van der Waals surface area contributed by atoms with Gasteiger partial charge in [-0.25, -0.2) is 0 Å². The molecule has 1 aromatic rings. The summed E-state index contributed by atoms with van der Waals surface area (Å²) in [5.41, 5.74) is 0. The molecule has 3 heteroatoms. The minimum atomic E-state index is 1.19. The van der Waals surface area contributed by atoms with E-state index in [9.17, 15) is 0 Å². The molecular weight excluding hydrogens is 156 g/mol. The highest BCUT2D eigenvalue weighted by atomic mass is 32.2. The Hall–Kier alpha value is 0.400. The second-order valence-electron chi connectivity index (χ2n) is 1.19. The van der Waals surface area contributed by atoms with Gasteiger partial charge in [0, 0.05) is 5.75 Å². The third-order valence-corrected chi connectivity index (χ3v) is 4.13. The lowest BCUT2D eigenvalue weighted by Gasteiger charge is -1.74. The van der Waals surface area contributed by atoms with Crippen LogP contribution in [-0.4, -0.2) is 5.75 Å². The standard InChI is InChI=1S/C5H7S3/c1-2-6-5-7-3-4-8-5/h3-4H,2H2,1H3/q+1. The van der Waals surface area contributed by atoms with E-state index in [0.29, 0.717) is 0 Å². The Bertz CT molecular complexity index is 133. The van der Waals surface area contributed by atoms with Crippen LogP contribution < -0.4 is 0 Å². The van der Waals surface area contributed by atoms with Gasteiger partial charge in [0.2, 0.25) is 0 Å². The molecule has 1 rings (SSSR count). The van der Waals surface area contributed by atoms with Crippen LogP contribution >= 0.6 is 34.4 Å². The maximum absolute atomic E-state index is 2.18. The molecule has 0 nitrogen and oxygen atoms in total. The predicted molar refractivity (Wildman–Crippen MR) is 43.0 cm³/mol. The fraction of sp³-hybridized carbons (Fsp3) is 0.400. The number of hydrogen-bond acceptors (Lipinski definition) is 2. The molecule has 0 spiro atoms. The van der Waals surface area contributed by atoms with E-state index in [1.54, 1.807) is 0 Å². The van der Waals surface area contributed by atoms with Crippen LogP contribution in [0.4, 0.5) is 0 Å². The monoisotopic (exact) mass is 163 g/mol. The van der Waals surface area contributed by atoms with E-state index in [2.05, 4.69) is 17.7 Å². The fourth-order valence-corrected chi connectivity index (χ4v) is 3.42. The minimum Gasteiger partial charge on any atom is -0.0560 e. The highest BCUT2D eigenvalue weighted by molar-refractivity contribution is 8.03. The minimum absolute atomic E-state index is 1.19. The van der Waals surface area contributed by atoms with Crippen LogP contribution in [0.1, 0.15) is 6.92 Å². The molecule has 0 aliphatic heterocycles. The summed E-state index contributed by atoms with van der Waals surface area (Å²) in [5, 5.41) is 4.26. The lowest BCUT2D eigenvalue weighted by Crippen LogP contribution is -1.57. The van der Waals surface area contributed by atoms with E-state index in [-0.39, 0.29) is 0 Å². The van der Waals surface area contributed by atoms with Crippen LogP contribution in [0.3, 0.4) is 0 Å². The van der Waals surface area contributed by atoms with E-state index < -0.39 is 0 Å². The van der Waals surface area contributed by atoms with Crippen LogP contribution in [0.2, 0.25) is 0 Å². The van der Waals surface area contributed by atoms with Crippen LogP contribution in [-0.2, 0) is 0 Å². The van der Waals surface area contributed by atoms with E-state index in [1.807, 2.05) is 34.4 Å². The van der Waals surface area contributed by atoms with Crippen molar-refractivity contribution in [3.05, 3.63) is 10.8 Å². The molecule has 0 aliphatic carbocycles. The van der Waals surface area contributed by atoms with Crippen LogP contribution in [0.15, 0.2) is 14.3 Å². The Kier molecular flexibility index (Phi) is 2.80. The summed E-state index contributed by atoms with van der Waals surface area (Å²) < 4.78 is 1.47. The zero-order chi connectivity index (χ0) is 5.82. The summed E-state index contributed by atoms with van der Waals surface area (Å²) in [5.74, 6) is 1.19. The summed E-state index contributed by atoms with van der Waals surface area (Å²) in [4.78, 5) is 0. The van der Waals surface area contributed by atoms with Gasteiger partial charge in [0.15, 0.2) is 0 Å². The first kappa shape index (κ1) is 6.52. The van der Waals surface area contributed by atoms with E-state index in [1.165, 1.54) is 9.28 Å². The topological polar surface area (TPSA) is 0 Å². The van der Waals surface area contributed by atoms with Crippen LogP contribution in [0.25, 0.3) is 0 Å². The number of hydrogen-bond donors (Lipinski definition) is 0. The van der Waals surface area contributed by atoms with Gasteiger partial charge in [0.05, 0.1) is 22.7 Å². The Morgan fingerprint density at radius 2 is 2.75 bits per heavy atom. The van der Waals surface area contributed by atoms with E-state index >= 15 is 0 Å².